The Morgan fingerprint density at radius 1 is 1.25 bits per heavy atom. The first-order valence-electron chi connectivity index (χ1n) is 7.71. The summed E-state index contributed by atoms with van der Waals surface area (Å²) in [5.41, 5.74) is 3.67. The molecule has 0 bridgehead atoms. The minimum Gasteiger partial charge on any atom is -0.465 e. The van der Waals surface area contributed by atoms with Gasteiger partial charge in [0.25, 0.3) is 0 Å². The van der Waals surface area contributed by atoms with Crippen LogP contribution in [-0.2, 0) is 10.2 Å². The molecule has 0 aliphatic carbocycles. The molecule has 1 aliphatic heterocycles. The average molecular weight is 340 g/mol. The van der Waals surface area contributed by atoms with Gasteiger partial charge in [0.2, 0.25) is 0 Å². The van der Waals surface area contributed by atoms with E-state index in [1.165, 1.54) is 35.4 Å². The standard InChI is InChI=1S/C19H20N2O2S/c1-19(2)13-7-5-6-8-14(13)21(3)16(19)11-12-20-17-10-9-15(24-17)18(22)23-4/h5-12H,1-4H3/b16-11+,20-12?. The number of fused-ring (bicyclic) bond motifs is 1. The first kappa shape index (κ1) is 16.5. The zero-order chi connectivity index (χ0) is 17.3. The highest BCUT2D eigenvalue weighted by Crippen LogP contribution is 2.46. The van der Waals surface area contributed by atoms with Crippen LogP contribution in [0.25, 0.3) is 0 Å². The van der Waals surface area contributed by atoms with Crippen LogP contribution in [-0.4, -0.2) is 26.3 Å². The fourth-order valence-electron chi connectivity index (χ4n) is 3.09. The third kappa shape index (κ3) is 2.76. The van der Waals surface area contributed by atoms with Crippen molar-refractivity contribution in [2.24, 2.45) is 4.99 Å². The lowest BCUT2D eigenvalue weighted by molar-refractivity contribution is 0.0606. The fourth-order valence-corrected chi connectivity index (χ4v) is 3.87. The Morgan fingerprint density at radius 3 is 2.71 bits per heavy atom. The summed E-state index contributed by atoms with van der Waals surface area (Å²) in [5, 5.41) is 0.781. The molecule has 0 saturated heterocycles. The molecule has 1 aromatic heterocycles. The van der Waals surface area contributed by atoms with E-state index in [4.69, 9.17) is 4.74 Å². The molecular formula is C19H20N2O2S. The molecule has 124 valence electrons. The predicted molar refractivity (Wildman–Crippen MR) is 99.8 cm³/mol. The quantitative estimate of drug-likeness (QED) is 0.608. The predicted octanol–water partition coefficient (Wildman–Crippen LogP) is 4.55. The molecule has 0 N–H and O–H groups in total. The van der Waals surface area contributed by atoms with Crippen LogP contribution in [0.1, 0.15) is 29.1 Å². The van der Waals surface area contributed by atoms with E-state index < -0.39 is 0 Å². The molecule has 0 spiro atoms. The van der Waals surface area contributed by atoms with Gasteiger partial charge in [-0.05, 0) is 29.8 Å². The van der Waals surface area contributed by atoms with Crippen molar-refractivity contribution >= 4 is 34.2 Å². The molecule has 0 amide bonds. The van der Waals surface area contributed by atoms with E-state index in [0.717, 1.165) is 5.00 Å². The number of hydrogen-bond acceptors (Lipinski definition) is 5. The van der Waals surface area contributed by atoms with Gasteiger partial charge in [-0.1, -0.05) is 32.0 Å². The number of para-hydroxylation sites is 1. The average Bonchev–Trinajstić information content (AvgIpc) is 3.12. The normalized spacial score (nSPS) is 17.5. The van der Waals surface area contributed by atoms with Gasteiger partial charge < -0.3 is 9.64 Å². The zero-order valence-corrected chi connectivity index (χ0v) is 15.1. The van der Waals surface area contributed by atoms with Gasteiger partial charge in [0, 0.05) is 30.1 Å². The Hall–Kier alpha value is -2.40. The number of likely N-dealkylation sites (N-methyl/N-ethyl adjacent to an activating group) is 1. The van der Waals surface area contributed by atoms with Crippen LogP contribution in [0.2, 0.25) is 0 Å². The number of thiophene rings is 1. The van der Waals surface area contributed by atoms with Crippen LogP contribution in [0.3, 0.4) is 0 Å². The second-order valence-corrected chi connectivity index (χ2v) is 7.22. The van der Waals surface area contributed by atoms with Crippen molar-refractivity contribution in [1.29, 1.82) is 0 Å². The summed E-state index contributed by atoms with van der Waals surface area (Å²) >= 11 is 1.32. The first-order valence-corrected chi connectivity index (χ1v) is 8.53. The molecule has 0 fully saturated rings. The molecule has 0 unspecified atom stereocenters. The van der Waals surface area contributed by atoms with Gasteiger partial charge in [-0.25, -0.2) is 9.79 Å². The Bertz CT molecular complexity index is 833. The van der Waals surface area contributed by atoms with Crippen LogP contribution < -0.4 is 4.90 Å². The molecule has 0 radical (unpaired) electrons. The van der Waals surface area contributed by atoms with Crippen LogP contribution in [0.4, 0.5) is 10.7 Å². The number of methoxy groups -OCH3 is 1. The second-order valence-electron chi connectivity index (χ2n) is 6.16. The number of carbonyl (C=O) groups is 1. The smallest absolute Gasteiger partial charge is 0.348 e. The monoisotopic (exact) mass is 340 g/mol. The van der Waals surface area contributed by atoms with E-state index in [9.17, 15) is 4.79 Å². The van der Waals surface area contributed by atoms with Gasteiger partial charge in [-0.15, -0.1) is 11.3 Å². The number of benzene rings is 1. The molecule has 2 aromatic rings. The third-order valence-electron chi connectivity index (χ3n) is 4.35. The Balaban J connectivity index is 1.85. The lowest BCUT2D eigenvalue weighted by atomic mass is 9.84. The number of hydrogen-bond donors (Lipinski definition) is 0. The molecule has 1 aromatic carbocycles. The number of ether oxygens (including phenoxy) is 1. The summed E-state index contributed by atoms with van der Waals surface area (Å²) in [6.45, 7) is 4.44. The van der Waals surface area contributed by atoms with Crippen LogP contribution >= 0.6 is 11.3 Å². The van der Waals surface area contributed by atoms with Gasteiger partial charge in [-0.3, -0.25) is 0 Å². The van der Waals surface area contributed by atoms with E-state index in [0.29, 0.717) is 4.88 Å². The Morgan fingerprint density at radius 2 is 2.00 bits per heavy atom. The number of allylic oxidation sites excluding steroid dienone is 2. The van der Waals surface area contributed by atoms with Gasteiger partial charge in [0.05, 0.1) is 7.11 Å². The summed E-state index contributed by atoms with van der Waals surface area (Å²) < 4.78 is 4.71. The van der Waals surface area contributed by atoms with Crippen molar-refractivity contribution in [2.45, 2.75) is 19.3 Å². The molecule has 2 heterocycles. The molecule has 1 aliphatic rings. The van der Waals surface area contributed by atoms with E-state index in [1.54, 1.807) is 12.3 Å². The molecule has 5 heteroatoms. The summed E-state index contributed by atoms with van der Waals surface area (Å²) in [5.74, 6) is -0.327. The zero-order valence-electron chi connectivity index (χ0n) is 14.2. The van der Waals surface area contributed by atoms with Crippen molar-refractivity contribution in [1.82, 2.24) is 0 Å². The molecule has 4 nitrogen and oxygen atoms in total. The van der Waals surface area contributed by atoms with Crippen LogP contribution in [0.5, 0.6) is 0 Å². The van der Waals surface area contributed by atoms with Crippen molar-refractivity contribution in [3.63, 3.8) is 0 Å². The van der Waals surface area contributed by atoms with Gasteiger partial charge in [0.1, 0.15) is 9.88 Å². The van der Waals surface area contributed by atoms with E-state index in [-0.39, 0.29) is 11.4 Å². The number of nitrogens with zero attached hydrogens (tertiary/aromatic N) is 2. The van der Waals surface area contributed by atoms with Crippen molar-refractivity contribution in [3.8, 4) is 0 Å². The number of anilines is 1. The molecule has 24 heavy (non-hydrogen) atoms. The number of rotatable bonds is 3. The molecule has 0 saturated carbocycles. The second kappa shape index (κ2) is 6.24. The summed E-state index contributed by atoms with van der Waals surface area (Å²) in [7, 11) is 3.46. The minimum atomic E-state index is -0.327. The molecule has 3 rings (SSSR count). The lowest BCUT2D eigenvalue weighted by Crippen LogP contribution is -2.22. The number of esters is 1. The van der Waals surface area contributed by atoms with Crippen LogP contribution in [0.15, 0.2) is 53.2 Å². The van der Waals surface area contributed by atoms with Gasteiger partial charge in [0.15, 0.2) is 0 Å². The van der Waals surface area contributed by atoms with Crippen molar-refractivity contribution in [2.75, 3.05) is 19.1 Å². The lowest BCUT2D eigenvalue weighted by Gasteiger charge is -2.23. The highest BCUT2D eigenvalue weighted by molar-refractivity contribution is 7.17. The van der Waals surface area contributed by atoms with E-state index in [2.05, 4.69) is 55.1 Å². The Kier molecular flexibility index (Phi) is 4.28. The maximum atomic E-state index is 11.5. The van der Waals surface area contributed by atoms with Crippen molar-refractivity contribution < 1.29 is 9.53 Å². The van der Waals surface area contributed by atoms with E-state index >= 15 is 0 Å². The SMILES string of the molecule is COC(=O)c1ccc(N=C/C=C2/N(C)c3ccccc3C2(C)C)s1. The largest absolute Gasteiger partial charge is 0.465 e. The summed E-state index contributed by atoms with van der Waals surface area (Å²) in [6.07, 6.45) is 3.84. The first-order chi connectivity index (χ1) is 11.4. The maximum absolute atomic E-state index is 11.5. The van der Waals surface area contributed by atoms with Crippen LogP contribution in [0, 0.1) is 0 Å². The number of aliphatic imine (C=N–C) groups is 1. The maximum Gasteiger partial charge on any atom is 0.348 e. The van der Waals surface area contributed by atoms with E-state index in [1.807, 2.05) is 12.1 Å². The third-order valence-corrected chi connectivity index (χ3v) is 5.33. The topological polar surface area (TPSA) is 41.9 Å². The summed E-state index contributed by atoms with van der Waals surface area (Å²) in [4.78, 5) is 18.7. The highest BCUT2D eigenvalue weighted by atomic mass is 32.1. The van der Waals surface area contributed by atoms with Gasteiger partial charge >= 0.3 is 5.97 Å². The number of carbonyl (C=O) groups excluding carboxylic acids is 1. The molecular weight excluding hydrogens is 320 g/mol. The Labute approximate surface area is 146 Å². The van der Waals surface area contributed by atoms with Gasteiger partial charge in [-0.2, -0.15) is 0 Å². The summed E-state index contributed by atoms with van der Waals surface area (Å²) in [6, 6.07) is 12.0. The fraction of sp³-hybridized carbons (Fsp3) is 0.263. The highest BCUT2D eigenvalue weighted by Gasteiger charge is 2.37. The minimum absolute atomic E-state index is 0.0655. The molecule has 0 atom stereocenters. The van der Waals surface area contributed by atoms with Crippen molar-refractivity contribution in [3.05, 3.63) is 58.6 Å².